The summed E-state index contributed by atoms with van der Waals surface area (Å²) in [6, 6.07) is 3.29. The quantitative estimate of drug-likeness (QED) is 0.782. The van der Waals surface area contributed by atoms with Crippen LogP contribution >= 0.6 is 0 Å². The number of hydrogen-bond acceptors (Lipinski definition) is 3. The molecule has 1 fully saturated rings. The number of nitrogens with zero attached hydrogens (tertiary/aromatic N) is 1. The van der Waals surface area contributed by atoms with Crippen LogP contribution in [0, 0.1) is 5.41 Å². The summed E-state index contributed by atoms with van der Waals surface area (Å²) >= 11 is 0. The van der Waals surface area contributed by atoms with Crippen molar-refractivity contribution >= 4 is 11.7 Å². The molecular formula is C14H21N3O2. The van der Waals surface area contributed by atoms with Gasteiger partial charge in [0.05, 0.1) is 18.0 Å². The van der Waals surface area contributed by atoms with E-state index in [1.165, 1.54) is 0 Å². The Hall–Kier alpha value is -1.62. The van der Waals surface area contributed by atoms with Crippen LogP contribution in [0.15, 0.2) is 24.5 Å². The lowest BCUT2D eigenvalue weighted by Gasteiger charge is -2.38. The molecule has 0 bridgehead atoms. The minimum atomic E-state index is -0.333. The molecule has 104 valence electrons. The van der Waals surface area contributed by atoms with Crippen LogP contribution in [0.3, 0.4) is 0 Å². The van der Waals surface area contributed by atoms with Gasteiger partial charge in [0.25, 0.3) is 0 Å². The highest BCUT2D eigenvalue weighted by atomic mass is 16.3. The van der Waals surface area contributed by atoms with E-state index in [1.807, 2.05) is 6.92 Å². The lowest BCUT2D eigenvalue weighted by Crippen LogP contribution is -2.46. The van der Waals surface area contributed by atoms with Crippen LogP contribution in [-0.2, 0) is 0 Å². The molecule has 19 heavy (non-hydrogen) atoms. The van der Waals surface area contributed by atoms with Crippen LogP contribution in [0.4, 0.5) is 10.5 Å². The molecule has 1 aromatic heterocycles. The number of amides is 2. The highest BCUT2D eigenvalue weighted by Crippen LogP contribution is 2.35. The monoisotopic (exact) mass is 263 g/mol. The van der Waals surface area contributed by atoms with Crippen LogP contribution < -0.4 is 10.6 Å². The normalized spacial score (nSPS) is 26.7. The molecule has 2 atom stereocenters. The first-order chi connectivity index (χ1) is 9.10. The van der Waals surface area contributed by atoms with Gasteiger partial charge in [-0.2, -0.15) is 0 Å². The van der Waals surface area contributed by atoms with Gasteiger partial charge in [-0.15, -0.1) is 0 Å². The van der Waals surface area contributed by atoms with Crippen molar-refractivity contribution in [1.82, 2.24) is 10.3 Å². The number of pyridine rings is 1. The predicted octanol–water partition coefficient (Wildman–Crippen LogP) is 2.14. The van der Waals surface area contributed by atoms with Crippen molar-refractivity contribution in [3.8, 4) is 0 Å². The number of aromatic nitrogens is 1. The Bertz CT molecular complexity index is 424. The first-order valence-corrected chi connectivity index (χ1v) is 6.73. The number of carbonyl (C=O) groups is 1. The van der Waals surface area contributed by atoms with Crippen molar-refractivity contribution in [2.45, 2.75) is 38.7 Å². The Morgan fingerprint density at radius 1 is 1.58 bits per heavy atom. The fourth-order valence-corrected chi connectivity index (χ4v) is 2.48. The topological polar surface area (TPSA) is 74.2 Å². The summed E-state index contributed by atoms with van der Waals surface area (Å²) in [4.78, 5) is 15.7. The number of hydrogen-bond donors (Lipinski definition) is 3. The van der Waals surface area contributed by atoms with E-state index < -0.39 is 0 Å². The molecule has 1 heterocycles. The Morgan fingerprint density at radius 2 is 2.42 bits per heavy atom. The van der Waals surface area contributed by atoms with Gasteiger partial charge in [-0.1, -0.05) is 19.8 Å². The van der Waals surface area contributed by atoms with E-state index in [-0.39, 0.29) is 17.6 Å². The molecule has 2 amide bonds. The van der Waals surface area contributed by atoms with Crippen molar-refractivity contribution in [2.75, 3.05) is 11.9 Å². The highest BCUT2D eigenvalue weighted by molar-refractivity contribution is 5.88. The number of aliphatic hydroxyl groups excluding tert-OH is 1. The maximum atomic E-state index is 11.8. The molecule has 0 radical (unpaired) electrons. The average Bonchev–Trinajstić information content (AvgIpc) is 2.41. The SMILES string of the molecule is C[C@@]1(CNC(=O)Nc2cccnc2)CCCC[C@@H]1O. The maximum Gasteiger partial charge on any atom is 0.319 e. The summed E-state index contributed by atoms with van der Waals surface area (Å²) < 4.78 is 0. The van der Waals surface area contributed by atoms with E-state index in [9.17, 15) is 9.90 Å². The third kappa shape index (κ3) is 3.67. The van der Waals surface area contributed by atoms with Gasteiger partial charge in [0.15, 0.2) is 0 Å². The first-order valence-electron chi connectivity index (χ1n) is 6.73. The zero-order chi connectivity index (χ0) is 13.7. The number of anilines is 1. The number of rotatable bonds is 3. The molecule has 0 aromatic carbocycles. The minimum Gasteiger partial charge on any atom is -0.392 e. The average molecular weight is 263 g/mol. The summed E-state index contributed by atoms with van der Waals surface area (Å²) in [5.41, 5.74) is 0.444. The summed E-state index contributed by atoms with van der Waals surface area (Å²) in [5.74, 6) is 0. The van der Waals surface area contributed by atoms with Gasteiger partial charge >= 0.3 is 6.03 Å². The van der Waals surface area contributed by atoms with E-state index in [1.54, 1.807) is 24.5 Å². The summed E-state index contributed by atoms with van der Waals surface area (Å²) in [6.07, 6.45) is 6.86. The van der Waals surface area contributed by atoms with Gasteiger partial charge in [0.2, 0.25) is 0 Å². The molecule has 5 nitrogen and oxygen atoms in total. The highest BCUT2D eigenvalue weighted by Gasteiger charge is 2.35. The van der Waals surface area contributed by atoms with Crippen LogP contribution in [0.25, 0.3) is 0 Å². The first kappa shape index (κ1) is 13.8. The second-order valence-electron chi connectivity index (χ2n) is 5.46. The zero-order valence-electron chi connectivity index (χ0n) is 11.2. The molecule has 0 spiro atoms. The number of carbonyl (C=O) groups excluding carboxylic acids is 1. The van der Waals surface area contributed by atoms with Gasteiger partial charge < -0.3 is 15.7 Å². The van der Waals surface area contributed by atoms with E-state index in [4.69, 9.17) is 0 Å². The third-order valence-corrected chi connectivity index (χ3v) is 3.85. The van der Waals surface area contributed by atoms with Gasteiger partial charge in [-0.05, 0) is 25.0 Å². The largest absolute Gasteiger partial charge is 0.392 e. The lowest BCUT2D eigenvalue weighted by atomic mass is 9.73. The van der Waals surface area contributed by atoms with E-state index in [2.05, 4.69) is 15.6 Å². The van der Waals surface area contributed by atoms with Crippen molar-refractivity contribution in [1.29, 1.82) is 0 Å². The second-order valence-corrected chi connectivity index (χ2v) is 5.46. The fourth-order valence-electron chi connectivity index (χ4n) is 2.48. The summed E-state index contributed by atoms with van der Waals surface area (Å²) in [6.45, 7) is 2.52. The minimum absolute atomic E-state index is 0.218. The number of aliphatic hydroxyl groups is 1. The molecule has 0 unspecified atom stereocenters. The Kier molecular flexibility index (Phi) is 4.37. The molecule has 1 saturated carbocycles. The summed E-state index contributed by atoms with van der Waals surface area (Å²) in [5, 5.41) is 15.6. The van der Waals surface area contributed by atoms with E-state index in [0.29, 0.717) is 12.2 Å². The molecule has 0 aliphatic heterocycles. The van der Waals surface area contributed by atoms with E-state index >= 15 is 0 Å². The van der Waals surface area contributed by atoms with Crippen molar-refractivity contribution in [2.24, 2.45) is 5.41 Å². The molecular weight excluding hydrogens is 242 g/mol. The van der Waals surface area contributed by atoms with Crippen LogP contribution in [0.1, 0.15) is 32.6 Å². The molecule has 3 N–H and O–H groups in total. The Morgan fingerprint density at radius 3 is 3.11 bits per heavy atom. The smallest absolute Gasteiger partial charge is 0.319 e. The molecule has 0 saturated heterocycles. The van der Waals surface area contributed by atoms with Crippen LogP contribution in [-0.4, -0.2) is 28.8 Å². The molecule has 5 heteroatoms. The molecule has 1 aromatic rings. The Balaban J connectivity index is 1.83. The van der Waals surface area contributed by atoms with Crippen molar-refractivity contribution < 1.29 is 9.90 Å². The van der Waals surface area contributed by atoms with Crippen LogP contribution in [0.2, 0.25) is 0 Å². The van der Waals surface area contributed by atoms with Gasteiger partial charge in [0, 0.05) is 18.2 Å². The van der Waals surface area contributed by atoms with Gasteiger partial charge in [0.1, 0.15) is 0 Å². The lowest BCUT2D eigenvalue weighted by molar-refractivity contribution is 0.00333. The van der Waals surface area contributed by atoms with Crippen molar-refractivity contribution in [3.05, 3.63) is 24.5 Å². The molecule has 2 rings (SSSR count). The molecule has 1 aliphatic rings. The summed E-state index contributed by atoms with van der Waals surface area (Å²) in [7, 11) is 0. The third-order valence-electron chi connectivity index (χ3n) is 3.85. The standard InChI is InChI=1S/C14H21N3O2/c1-14(7-3-2-6-12(14)18)10-16-13(19)17-11-5-4-8-15-9-11/h4-5,8-9,12,18H,2-3,6-7,10H2,1H3,(H2,16,17,19)/t12-,14-/m0/s1. The fraction of sp³-hybridized carbons (Fsp3) is 0.571. The number of urea groups is 1. The second kappa shape index (κ2) is 6.02. The van der Waals surface area contributed by atoms with Crippen LogP contribution in [0.5, 0.6) is 0 Å². The van der Waals surface area contributed by atoms with Gasteiger partial charge in [-0.25, -0.2) is 4.79 Å². The number of nitrogens with one attached hydrogen (secondary N) is 2. The predicted molar refractivity (Wildman–Crippen MR) is 73.8 cm³/mol. The van der Waals surface area contributed by atoms with E-state index in [0.717, 1.165) is 25.7 Å². The zero-order valence-corrected chi connectivity index (χ0v) is 11.2. The Labute approximate surface area is 113 Å². The molecule has 1 aliphatic carbocycles. The van der Waals surface area contributed by atoms with Crippen molar-refractivity contribution in [3.63, 3.8) is 0 Å². The maximum absolute atomic E-state index is 11.8. The van der Waals surface area contributed by atoms with Gasteiger partial charge in [-0.3, -0.25) is 4.98 Å².